The molecule has 1 unspecified atom stereocenters. The molecule has 0 bridgehead atoms. The summed E-state index contributed by atoms with van der Waals surface area (Å²) < 4.78 is 69.2. The molecule has 4 N–H and O–H groups in total. The highest BCUT2D eigenvalue weighted by molar-refractivity contribution is 7.87. The minimum Gasteiger partial charge on any atom is -0.466 e. The number of allylic oxidation sites excluding steroid dienone is 3. The van der Waals surface area contributed by atoms with E-state index in [9.17, 15) is 26.4 Å². The second-order valence-corrected chi connectivity index (χ2v) is 8.56. The van der Waals surface area contributed by atoms with Gasteiger partial charge in [-0.25, -0.2) is 5.84 Å². The Morgan fingerprint density at radius 2 is 2.03 bits per heavy atom. The molecule has 0 amide bonds. The second kappa shape index (κ2) is 9.70. The highest BCUT2D eigenvalue weighted by Gasteiger charge is 2.50. The molecule has 0 aromatic carbocycles. The highest BCUT2D eigenvalue weighted by atomic mass is 32.2. The summed E-state index contributed by atoms with van der Waals surface area (Å²) in [7, 11) is -5.75. The van der Waals surface area contributed by atoms with Crippen molar-refractivity contribution in [3.05, 3.63) is 23.7 Å². The number of carbonyl (C=O) groups is 1. The zero-order chi connectivity index (χ0) is 22.5. The molecule has 0 fully saturated rings. The van der Waals surface area contributed by atoms with E-state index in [-0.39, 0.29) is 44.1 Å². The topological polar surface area (TPSA) is 125 Å². The summed E-state index contributed by atoms with van der Waals surface area (Å²) in [6.45, 7) is 5.49. The van der Waals surface area contributed by atoms with Crippen LogP contribution in [0.3, 0.4) is 0 Å². The molecule has 8 nitrogen and oxygen atoms in total. The number of rotatable bonds is 9. The fraction of sp³-hybridized carbons (Fsp3) is 0.706. The molecule has 0 aromatic rings. The lowest BCUT2D eigenvalue weighted by atomic mass is 9.73. The molecule has 0 aliphatic heterocycles. The fourth-order valence-corrected chi connectivity index (χ4v) is 3.46. The smallest absolute Gasteiger partial charge is 0.466 e. The fourth-order valence-electron chi connectivity index (χ4n) is 2.94. The van der Waals surface area contributed by atoms with Gasteiger partial charge in [0, 0.05) is 24.4 Å². The largest absolute Gasteiger partial charge is 0.534 e. The third kappa shape index (κ3) is 6.26. The van der Waals surface area contributed by atoms with Gasteiger partial charge in [-0.2, -0.15) is 21.6 Å². The van der Waals surface area contributed by atoms with Gasteiger partial charge in [0.15, 0.2) is 0 Å². The average molecular weight is 443 g/mol. The number of ether oxygens (including phenoxy) is 1. The van der Waals surface area contributed by atoms with Crippen molar-refractivity contribution in [1.29, 1.82) is 0 Å². The first-order valence-corrected chi connectivity index (χ1v) is 10.5. The Hall–Kier alpha value is -1.95. The number of hydrogen-bond acceptors (Lipinski definition) is 8. The Bertz CT molecular complexity index is 750. The Labute approximate surface area is 168 Å². The van der Waals surface area contributed by atoms with Crippen molar-refractivity contribution in [2.75, 3.05) is 6.61 Å². The van der Waals surface area contributed by atoms with Gasteiger partial charge in [0.2, 0.25) is 0 Å². The third-order valence-corrected chi connectivity index (χ3v) is 5.72. The van der Waals surface area contributed by atoms with Crippen molar-refractivity contribution in [2.24, 2.45) is 17.0 Å². The molecule has 1 rings (SSSR count). The van der Waals surface area contributed by atoms with E-state index in [4.69, 9.17) is 16.3 Å². The predicted octanol–water partition coefficient (Wildman–Crippen LogP) is 2.63. The van der Waals surface area contributed by atoms with Gasteiger partial charge in [-0.1, -0.05) is 0 Å². The number of halogens is 3. The number of esters is 1. The maximum atomic E-state index is 12.6. The molecule has 168 valence electrons. The maximum Gasteiger partial charge on any atom is 0.534 e. The SMILES string of the molecule is CCOC(=O)C1(CC/C(=C/N)N(N)C(C)C)CC=C(OS(=O)(=O)C(F)(F)F)CC1. The minimum absolute atomic E-state index is 0.0291. The number of nitrogens with two attached hydrogens (primary N) is 2. The molecule has 0 spiro atoms. The van der Waals surface area contributed by atoms with Gasteiger partial charge in [-0.15, -0.1) is 0 Å². The monoisotopic (exact) mass is 443 g/mol. The first-order chi connectivity index (χ1) is 13.3. The molecule has 0 heterocycles. The third-order valence-electron chi connectivity index (χ3n) is 4.72. The predicted molar refractivity (Wildman–Crippen MR) is 99.7 cm³/mol. The van der Waals surface area contributed by atoms with Crippen molar-refractivity contribution in [2.45, 2.75) is 64.4 Å². The van der Waals surface area contributed by atoms with E-state index in [0.29, 0.717) is 12.1 Å². The van der Waals surface area contributed by atoms with Crippen LogP contribution >= 0.6 is 0 Å². The summed E-state index contributed by atoms with van der Waals surface area (Å²) >= 11 is 0. The van der Waals surface area contributed by atoms with Crippen LogP contribution in [0.2, 0.25) is 0 Å². The molecule has 0 aromatic heterocycles. The van der Waals surface area contributed by atoms with E-state index in [0.717, 1.165) is 0 Å². The van der Waals surface area contributed by atoms with E-state index in [1.54, 1.807) is 6.92 Å². The summed E-state index contributed by atoms with van der Waals surface area (Å²) in [4.78, 5) is 12.6. The highest BCUT2D eigenvalue weighted by Crippen LogP contribution is 2.43. The van der Waals surface area contributed by atoms with Crippen molar-refractivity contribution in [1.82, 2.24) is 5.01 Å². The van der Waals surface area contributed by atoms with Crippen molar-refractivity contribution >= 4 is 16.1 Å². The van der Waals surface area contributed by atoms with E-state index < -0.39 is 27.0 Å². The number of hydrazine groups is 1. The molecule has 1 atom stereocenters. The molecular formula is C17H28F3N3O5S. The van der Waals surface area contributed by atoms with Crippen LogP contribution < -0.4 is 11.6 Å². The summed E-state index contributed by atoms with van der Waals surface area (Å²) in [5.41, 5.74) is -0.343. The summed E-state index contributed by atoms with van der Waals surface area (Å²) in [5, 5.41) is 1.46. The quantitative estimate of drug-likeness (QED) is 0.183. The zero-order valence-electron chi connectivity index (χ0n) is 16.7. The Morgan fingerprint density at radius 3 is 2.45 bits per heavy atom. The van der Waals surface area contributed by atoms with Gasteiger partial charge >= 0.3 is 21.6 Å². The van der Waals surface area contributed by atoms with Gasteiger partial charge in [0.1, 0.15) is 5.76 Å². The summed E-state index contributed by atoms with van der Waals surface area (Å²) in [6.07, 6.45) is 3.00. The minimum atomic E-state index is -5.75. The Morgan fingerprint density at radius 1 is 1.41 bits per heavy atom. The Balaban J connectivity index is 3.02. The lowest BCUT2D eigenvalue weighted by Crippen LogP contribution is -2.39. The molecule has 0 saturated carbocycles. The van der Waals surface area contributed by atoms with Crippen molar-refractivity contribution in [3.63, 3.8) is 0 Å². The van der Waals surface area contributed by atoms with E-state index in [1.807, 2.05) is 13.8 Å². The zero-order valence-corrected chi connectivity index (χ0v) is 17.5. The lowest BCUT2D eigenvalue weighted by Gasteiger charge is -2.35. The van der Waals surface area contributed by atoms with Gasteiger partial charge < -0.3 is 19.7 Å². The molecule has 0 radical (unpaired) electrons. The second-order valence-electron chi connectivity index (χ2n) is 7.02. The normalized spacial score (nSPS) is 21.0. The van der Waals surface area contributed by atoms with Crippen LogP contribution in [0.5, 0.6) is 0 Å². The number of nitrogens with zero attached hydrogens (tertiary/aromatic N) is 1. The molecular weight excluding hydrogens is 415 g/mol. The number of alkyl halides is 3. The van der Waals surface area contributed by atoms with Crippen LogP contribution in [0.4, 0.5) is 13.2 Å². The van der Waals surface area contributed by atoms with E-state index in [2.05, 4.69) is 4.18 Å². The van der Waals surface area contributed by atoms with Gasteiger partial charge in [-0.05, 0) is 52.5 Å². The first kappa shape index (κ1) is 25.1. The van der Waals surface area contributed by atoms with Crippen molar-refractivity contribution < 1.29 is 35.3 Å². The van der Waals surface area contributed by atoms with E-state index >= 15 is 0 Å². The van der Waals surface area contributed by atoms with Crippen LogP contribution in [-0.4, -0.2) is 37.6 Å². The number of carbonyl (C=O) groups excluding carboxylic acids is 1. The van der Waals surface area contributed by atoms with Crippen molar-refractivity contribution in [3.8, 4) is 0 Å². The number of hydrogen-bond donors (Lipinski definition) is 2. The molecule has 29 heavy (non-hydrogen) atoms. The molecule has 0 saturated heterocycles. The van der Waals surface area contributed by atoms with Gasteiger partial charge in [0.05, 0.1) is 12.0 Å². The molecule has 1 aliphatic rings. The summed E-state index contributed by atoms with van der Waals surface area (Å²) in [6, 6.07) is -0.0397. The first-order valence-electron chi connectivity index (χ1n) is 9.11. The van der Waals surface area contributed by atoms with Gasteiger partial charge in [-0.3, -0.25) is 4.79 Å². The maximum absolute atomic E-state index is 12.6. The average Bonchev–Trinajstić information content (AvgIpc) is 2.62. The van der Waals surface area contributed by atoms with Gasteiger partial charge in [0.25, 0.3) is 0 Å². The standard InChI is InChI=1S/C17H28F3N3O5S/c1-4-27-15(24)16(8-5-13(11-21)23(22)12(2)3)9-6-14(7-10-16)28-29(25,26)17(18,19)20/h6,11-12H,4-5,7-10,21-22H2,1-3H3/b13-11-. The van der Waals surface area contributed by atoms with Crippen LogP contribution in [0, 0.1) is 5.41 Å². The molecule has 1 aliphatic carbocycles. The van der Waals surface area contributed by atoms with Crippen LogP contribution in [0.15, 0.2) is 23.7 Å². The van der Waals surface area contributed by atoms with Crippen LogP contribution in [0.25, 0.3) is 0 Å². The van der Waals surface area contributed by atoms with Crippen LogP contribution in [-0.2, 0) is 23.8 Å². The molecule has 12 heteroatoms. The Kier molecular flexibility index (Phi) is 8.39. The lowest BCUT2D eigenvalue weighted by molar-refractivity contribution is -0.156. The van der Waals surface area contributed by atoms with Crippen LogP contribution in [0.1, 0.15) is 52.9 Å². The summed E-state index contributed by atoms with van der Waals surface area (Å²) in [5.74, 6) is 5.10. The van der Waals surface area contributed by atoms with E-state index in [1.165, 1.54) is 17.3 Å².